The molecule has 6 nitrogen and oxygen atoms in total. The highest BCUT2D eigenvalue weighted by Gasteiger charge is 2.15. The summed E-state index contributed by atoms with van der Waals surface area (Å²) in [4.78, 5) is 10.5. The maximum atomic E-state index is 10.5. The van der Waals surface area contributed by atoms with E-state index < -0.39 is 5.97 Å². The van der Waals surface area contributed by atoms with Gasteiger partial charge in [0.05, 0.1) is 12.6 Å². The smallest absolute Gasteiger partial charge is 0.356 e. The summed E-state index contributed by atoms with van der Waals surface area (Å²) in [5.41, 5.74) is -0.0526. The van der Waals surface area contributed by atoms with Crippen LogP contribution in [0.5, 0.6) is 0 Å². The first-order valence-corrected chi connectivity index (χ1v) is 4.67. The van der Waals surface area contributed by atoms with Crippen molar-refractivity contribution in [2.24, 2.45) is 0 Å². The van der Waals surface area contributed by atoms with Crippen LogP contribution in [0.15, 0.2) is 12.1 Å². The van der Waals surface area contributed by atoms with Crippen molar-refractivity contribution in [1.82, 2.24) is 10.2 Å². The predicted molar refractivity (Wildman–Crippen MR) is 51.8 cm³/mol. The summed E-state index contributed by atoms with van der Waals surface area (Å²) in [6.45, 7) is 1.40. The van der Waals surface area contributed by atoms with Crippen molar-refractivity contribution in [1.29, 1.82) is 0 Å². The number of aromatic nitrogens is 2. The van der Waals surface area contributed by atoms with Gasteiger partial charge >= 0.3 is 5.97 Å². The van der Waals surface area contributed by atoms with Crippen LogP contribution in [0, 0.1) is 0 Å². The molecule has 80 valence electrons. The van der Waals surface area contributed by atoms with Gasteiger partial charge in [-0.05, 0) is 18.6 Å². The minimum absolute atomic E-state index is 0.0526. The fourth-order valence-electron chi connectivity index (χ4n) is 1.38. The summed E-state index contributed by atoms with van der Waals surface area (Å²) in [6, 6.07) is 3.28. The van der Waals surface area contributed by atoms with E-state index in [1.54, 1.807) is 6.07 Å². The minimum Gasteiger partial charge on any atom is -0.476 e. The molecule has 0 unspecified atom stereocenters. The molecule has 0 bridgehead atoms. The molecule has 2 heterocycles. The van der Waals surface area contributed by atoms with E-state index in [0.717, 1.165) is 13.0 Å². The summed E-state index contributed by atoms with van der Waals surface area (Å²) in [6.07, 6.45) is 0.933. The van der Waals surface area contributed by atoms with E-state index in [-0.39, 0.29) is 11.7 Å². The lowest BCUT2D eigenvalue weighted by Crippen LogP contribution is -2.20. The molecule has 1 aliphatic rings. The zero-order valence-corrected chi connectivity index (χ0v) is 8.01. The number of carboxylic acids is 1. The van der Waals surface area contributed by atoms with Crippen molar-refractivity contribution >= 4 is 11.8 Å². The van der Waals surface area contributed by atoms with Gasteiger partial charge in [0, 0.05) is 6.61 Å². The summed E-state index contributed by atoms with van der Waals surface area (Å²) >= 11 is 0. The van der Waals surface area contributed by atoms with Crippen LogP contribution in [-0.2, 0) is 4.74 Å². The molecule has 6 heteroatoms. The van der Waals surface area contributed by atoms with Gasteiger partial charge in [-0.3, -0.25) is 0 Å². The van der Waals surface area contributed by atoms with Gasteiger partial charge in [0.25, 0.3) is 0 Å². The Labute approximate surface area is 86.3 Å². The molecule has 0 aromatic carbocycles. The Balaban J connectivity index is 2.00. The fraction of sp³-hybridized carbons (Fsp3) is 0.444. The number of carbonyl (C=O) groups is 1. The van der Waals surface area contributed by atoms with Crippen LogP contribution < -0.4 is 5.32 Å². The first-order chi connectivity index (χ1) is 7.25. The molecule has 0 amide bonds. The summed E-state index contributed by atoms with van der Waals surface area (Å²) in [5.74, 6) is -0.492. The van der Waals surface area contributed by atoms with E-state index in [0.29, 0.717) is 12.4 Å². The highest BCUT2D eigenvalue weighted by atomic mass is 16.5. The zero-order valence-electron chi connectivity index (χ0n) is 8.01. The number of aromatic carboxylic acids is 1. The second kappa shape index (κ2) is 4.22. The van der Waals surface area contributed by atoms with E-state index in [1.807, 2.05) is 0 Å². The molecule has 0 radical (unpaired) electrons. The molecule has 2 rings (SSSR count). The van der Waals surface area contributed by atoms with Gasteiger partial charge in [-0.2, -0.15) is 0 Å². The highest BCUT2D eigenvalue weighted by Crippen LogP contribution is 2.10. The molecule has 0 saturated carbocycles. The van der Waals surface area contributed by atoms with E-state index in [1.165, 1.54) is 6.07 Å². The molecule has 1 atom stereocenters. The molecular formula is C9H11N3O3. The van der Waals surface area contributed by atoms with E-state index in [2.05, 4.69) is 15.5 Å². The lowest BCUT2D eigenvalue weighted by atomic mass is 10.2. The van der Waals surface area contributed by atoms with E-state index in [4.69, 9.17) is 9.84 Å². The van der Waals surface area contributed by atoms with Gasteiger partial charge in [-0.25, -0.2) is 4.79 Å². The van der Waals surface area contributed by atoms with Gasteiger partial charge in [0.15, 0.2) is 5.69 Å². The van der Waals surface area contributed by atoms with Crippen LogP contribution in [-0.4, -0.2) is 40.5 Å². The number of hydrogen-bond donors (Lipinski definition) is 2. The van der Waals surface area contributed by atoms with Crippen molar-refractivity contribution in [3.8, 4) is 0 Å². The normalized spacial score (nSPS) is 20.1. The predicted octanol–water partition coefficient (Wildman–Crippen LogP) is 0.376. The van der Waals surface area contributed by atoms with Gasteiger partial charge < -0.3 is 15.2 Å². The molecular weight excluding hydrogens is 198 g/mol. The van der Waals surface area contributed by atoms with Gasteiger partial charge in [0.2, 0.25) is 0 Å². The molecule has 1 aromatic heterocycles. The van der Waals surface area contributed by atoms with Crippen LogP contribution >= 0.6 is 0 Å². The van der Waals surface area contributed by atoms with Crippen LogP contribution in [0.4, 0.5) is 5.82 Å². The molecule has 0 aliphatic carbocycles. The number of carboxylic acid groups (broad SMARTS) is 1. The number of nitrogens with zero attached hydrogens (tertiary/aromatic N) is 2. The van der Waals surface area contributed by atoms with Crippen molar-refractivity contribution in [2.75, 3.05) is 18.5 Å². The quantitative estimate of drug-likeness (QED) is 0.748. The lowest BCUT2D eigenvalue weighted by molar-refractivity contribution is 0.0689. The average Bonchev–Trinajstić information content (AvgIpc) is 2.71. The van der Waals surface area contributed by atoms with Crippen LogP contribution in [0.25, 0.3) is 0 Å². The molecule has 2 N–H and O–H groups in total. The molecule has 1 fully saturated rings. The first kappa shape index (κ1) is 9.85. The number of rotatable bonds is 3. The van der Waals surface area contributed by atoms with Crippen molar-refractivity contribution < 1.29 is 14.6 Å². The number of nitrogens with one attached hydrogen (secondary N) is 1. The third-order valence-electron chi connectivity index (χ3n) is 2.17. The maximum Gasteiger partial charge on any atom is 0.356 e. The lowest BCUT2D eigenvalue weighted by Gasteiger charge is -2.09. The molecule has 0 spiro atoms. The fourth-order valence-corrected chi connectivity index (χ4v) is 1.38. The SMILES string of the molecule is O=C(O)c1ccc(N[C@@H]2CCOC2)nn1. The average molecular weight is 209 g/mol. The summed E-state index contributed by atoms with van der Waals surface area (Å²) < 4.78 is 5.19. The summed E-state index contributed by atoms with van der Waals surface area (Å²) in [7, 11) is 0. The van der Waals surface area contributed by atoms with Crippen LogP contribution in [0.2, 0.25) is 0 Å². The van der Waals surface area contributed by atoms with E-state index >= 15 is 0 Å². The van der Waals surface area contributed by atoms with Gasteiger partial charge in [0.1, 0.15) is 5.82 Å². The Hall–Kier alpha value is -1.69. The molecule has 15 heavy (non-hydrogen) atoms. The number of ether oxygens (including phenoxy) is 1. The zero-order chi connectivity index (χ0) is 10.7. The van der Waals surface area contributed by atoms with E-state index in [9.17, 15) is 4.79 Å². The Kier molecular flexibility index (Phi) is 2.77. The van der Waals surface area contributed by atoms with Crippen LogP contribution in [0.1, 0.15) is 16.9 Å². The number of hydrogen-bond acceptors (Lipinski definition) is 5. The third kappa shape index (κ3) is 2.41. The molecule has 1 saturated heterocycles. The van der Waals surface area contributed by atoms with Crippen molar-refractivity contribution in [2.45, 2.75) is 12.5 Å². The Morgan fingerprint density at radius 3 is 2.93 bits per heavy atom. The number of anilines is 1. The van der Waals surface area contributed by atoms with Gasteiger partial charge in [-0.1, -0.05) is 0 Å². The summed E-state index contributed by atoms with van der Waals surface area (Å²) in [5, 5.41) is 19.1. The second-order valence-electron chi connectivity index (χ2n) is 3.31. The van der Waals surface area contributed by atoms with Crippen molar-refractivity contribution in [3.63, 3.8) is 0 Å². The largest absolute Gasteiger partial charge is 0.476 e. The third-order valence-corrected chi connectivity index (χ3v) is 2.17. The Morgan fingerprint density at radius 2 is 2.40 bits per heavy atom. The first-order valence-electron chi connectivity index (χ1n) is 4.67. The highest BCUT2D eigenvalue weighted by molar-refractivity contribution is 5.85. The second-order valence-corrected chi connectivity index (χ2v) is 3.31. The standard InChI is InChI=1S/C9H11N3O3/c13-9(14)7-1-2-8(12-11-7)10-6-3-4-15-5-6/h1-2,6H,3-5H2,(H,10,12)(H,13,14)/t6-/m1/s1. The Morgan fingerprint density at radius 1 is 1.53 bits per heavy atom. The van der Waals surface area contributed by atoms with Crippen LogP contribution in [0.3, 0.4) is 0 Å². The molecule has 1 aliphatic heterocycles. The maximum absolute atomic E-state index is 10.5. The van der Waals surface area contributed by atoms with Gasteiger partial charge in [-0.15, -0.1) is 10.2 Å². The Bertz CT molecular complexity index is 346. The topological polar surface area (TPSA) is 84.3 Å². The van der Waals surface area contributed by atoms with Crippen molar-refractivity contribution in [3.05, 3.63) is 17.8 Å². The minimum atomic E-state index is -1.07. The monoisotopic (exact) mass is 209 g/mol. The molecule has 1 aromatic rings.